The number of carbonyl (C=O) groups is 3. The highest BCUT2D eigenvalue weighted by molar-refractivity contribution is 5.66. The molecule has 0 saturated heterocycles. The molecule has 0 radical (unpaired) electrons. The van der Waals surface area contributed by atoms with Crippen LogP contribution in [0.3, 0.4) is 0 Å². The van der Waals surface area contributed by atoms with Gasteiger partial charge in [0.05, 0.1) is 39.0 Å². The van der Waals surface area contributed by atoms with Crippen molar-refractivity contribution < 1.29 is 34.2 Å². The first-order valence-electron chi connectivity index (χ1n) is 15.9. The molecule has 0 aromatic carbocycles. The second-order valence-corrected chi connectivity index (χ2v) is 11.4. The van der Waals surface area contributed by atoms with Gasteiger partial charge in [0.25, 0.3) is 0 Å². The summed E-state index contributed by atoms with van der Waals surface area (Å²) in [5, 5.41) is 29.1. The number of hydrogen-bond acceptors (Lipinski definition) is 4. The molecule has 0 fully saturated rings. The topological polar surface area (TPSA) is 115 Å². The first-order valence-corrected chi connectivity index (χ1v) is 15.9. The lowest BCUT2D eigenvalue weighted by Crippen LogP contribution is -2.51. The molecule has 7 heteroatoms. The number of quaternary nitrogens is 1. The van der Waals surface area contributed by atoms with Crippen LogP contribution in [0.25, 0.3) is 0 Å². The Morgan fingerprint density at radius 3 is 1.31 bits per heavy atom. The minimum atomic E-state index is -1.08. The molecule has 0 aromatic heterocycles. The van der Waals surface area contributed by atoms with Crippen LogP contribution >= 0.6 is 0 Å². The first kappa shape index (κ1) is 37.1. The monoisotopic (exact) mass is 553 g/mol. The molecule has 0 aliphatic carbocycles. The van der Waals surface area contributed by atoms with Gasteiger partial charge in [-0.15, -0.1) is 0 Å². The summed E-state index contributed by atoms with van der Waals surface area (Å²) in [6, 6.07) is 0. The molecule has 2 N–H and O–H groups in total. The van der Waals surface area contributed by atoms with E-state index in [4.69, 9.17) is 10.2 Å². The number of carboxylic acids is 3. The Kier molecular flexibility index (Phi) is 25.1. The van der Waals surface area contributed by atoms with Gasteiger partial charge in [0.15, 0.2) is 0 Å². The Bertz CT molecular complexity index is 598. The molecule has 0 unspecified atom stereocenters. The highest BCUT2D eigenvalue weighted by Gasteiger charge is 2.26. The Hall–Kier alpha value is -1.89. The molecular formula is C32H59NO6. The average molecular weight is 554 g/mol. The number of nitrogens with zero attached hydrogens (tertiary/aromatic N) is 1. The van der Waals surface area contributed by atoms with E-state index in [1.165, 1.54) is 70.6 Å². The average Bonchev–Trinajstić information content (AvgIpc) is 2.87. The van der Waals surface area contributed by atoms with Crippen molar-refractivity contribution in [2.45, 2.75) is 148 Å². The molecule has 0 spiro atoms. The van der Waals surface area contributed by atoms with Gasteiger partial charge in [-0.25, -0.2) is 0 Å². The molecule has 0 aromatic rings. The molecular weight excluding hydrogens is 494 g/mol. The summed E-state index contributed by atoms with van der Waals surface area (Å²) in [7, 11) is 0. The molecule has 0 atom stereocenters. The Morgan fingerprint density at radius 2 is 0.897 bits per heavy atom. The minimum absolute atomic E-state index is 0.0260. The maximum Gasteiger partial charge on any atom is 0.303 e. The summed E-state index contributed by atoms with van der Waals surface area (Å²) in [5.41, 5.74) is 0. The van der Waals surface area contributed by atoms with E-state index in [1.807, 2.05) is 0 Å². The van der Waals surface area contributed by atoms with Gasteiger partial charge in [-0.2, -0.15) is 0 Å². The summed E-state index contributed by atoms with van der Waals surface area (Å²) in [6.07, 6.45) is 26.5. The van der Waals surface area contributed by atoms with Crippen LogP contribution in [0.4, 0.5) is 0 Å². The summed E-state index contributed by atoms with van der Waals surface area (Å²) < 4.78 is 0.600. The zero-order chi connectivity index (χ0) is 29.0. The molecule has 0 bridgehead atoms. The highest BCUT2D eigenvalue weighted by Crippen LogP contribution is 2.18. The van der Waals surface area contributed by atoms with Gasteiger partial charge in [0.1, 0.15) is 0 Å². The molecule has 0 aliphatic rings. The lowest BCUT2D eigenvalue weighted by atomic mass is 10.1. The fourth-order valence-electron chi connectivity index (χ4n) is 5.41. The van der Waals surface area contributed by atoms with Crippen molar-refractivity contribution in [1.29, 1.82) is 0 Å². The minimum Gasteiger partial charge on any atom is -0.550 e. The van der Waals surface area contributed by atoms with Crippen molar-refractivity contribution >= 4 is 17.9 Å². The summed E-state index contributed by atoms with van der Waals surface area (Å²) in [5.74, 6) is -2.76. The third kappa shape index (κ3) is 26.1. The van der Waals surface area contributed by atoms with Crippen LogP contribution in [0.1, 0.15) is 148 Å². The number of carbonyl (C=O) groups excluding carboxylic acids is 1. The molecule has 7 nitrogen and oxygen atoms in total. The Labute approximate surface area is 238 Å². The van der Waals surface area contributed by atoms with Crippen molar-refractivity contribution in [2.24, 2.45) is 0 Å². The van der Waals surface area contributed by atoms with E-state index in [0.717, 1.165) is 38.6 Å². The molecule has 0 saturated carbocycles. The number of aliphatic carboxylic acids is 3. The highest BCUT2D eigenvalue weighted by atomic mass is 16.4. The zero-order valence-corrected chi connectivity index (χ0v) is 25.0. The normalized spacial score (nSPS) is 11.8. The Morgan fingerprint density at radius 1 is 0.538 bits per heavy atom. The zero-order valence-electron chi connectivity index (χ0n) is 25.0. The van der Waals surface area contributed by atoms with Crippen molar-refractivity contribution in [1.82, 2.24) is 0 Å². The van der Waals surface area contributed by atoms with Crippen molar-refractivity contribution in [3.8, 4) is 0 Å². The maximum absolute atomic E-state index is 11.0. The molecule has 228 valence electrons. The lowest BCUT2D eigenvalue weighted by Gasteiger charge is -2.39. The van der Waals surface area contributed by atoms with Crippen LogP contribution in [0.15, 0.2) is 12.2 Å². The number of carboxylic acid groups (broad SMARTS) is 3. The third-order valence-electron chi connectivity index (χ3n) is 7.70. The summed E-state index contributed by atoms with van der Waals surface area (Å²) in [6.45, 7) is 4.98. The predicted octanol–water partition coefficient (Wildman–Crippen LogP) is 6.88. The van der Waals surface area contributed by atoms with Gasteiger partial charge in [-0.05, 0) is 44.9 Å². The fraction of sp³-hybridized carbons (Fsp3) is 0.844. The van der Waals surface area contributed by atoms with Gasteiger partial charge in [0.2, 0.25) is 0 Å². The van der Waals surface area contributed by atoms with Crippen LogP contribution in [-0.2, 0) is 14.4 Å². The quantitative estimate of drug-likeness (QED) is 0.0569. The van der Waals surface area contributed by atoms with Crippen LogP contribution in [0.5, 0.6) is 0 Å². The van der Waals surface area contributed by atoms with Crippen LogP contribution in [-0.4, -0.2) is 58.8 Å². The number of unbranched alkanes of at least 4 members (excludes halogenated alkanes) is 14. The van der Waals surface area contributed by atoms with Crippen molar-refractivity contribution in [2.75, 3.05) is 26.2 Å². The standard InChI is InChI=1S/C32H59NO6/c1-2-3-4-5-6-7-8-9-10-11-12-13-14-15-16-17-18-19-26-33(27-20-23-30(34)35,28-21-24-31(36)37)29-22-25-32(38)39/h14-15H,2-13,16-29H2,1H3,(H2-,34,35,36,37,38,39)/b15-14+. The molecule has 0 heterocycles. The first-order chi connectivity index (χ1) is 18.8. The number of allylic oxidation sites excluding steroid dienone is 2. The second-order valence-electron chi connectivity index (χ2n) is 11.4. The molecule has 0 amide bonds. The fourth-order valence-corrected chi connectivity index (χ4v) is 5.41. The van der Waals surface area contributed by atoms with E-state index in [2.05, 4.69) is 19.1 Å². The molecule has 0 rings (SSSR count). The molecule has 39 heavy (non-hydrogen) atoms. The van der Waals surface area contributed by atoms with Crippen LogP contribution < -0.4 is 5.11 Å². The number of rotatable bonds is 30. The van der Waals surface area contributed by atoms with Gasteiger partial charge >= 0.3 is 11.9 Å². The van der Waals surface area contributed by atoms with E-state index in [1.54, 1.807) is 0 Å². The second kappa shape index (κ2) is 26.3. The van der Waals surface area contributed by atoms with Crippen LogP contribution in [0, 0.1) is 0 Å². The Balaban J connectivity index is 4.23. The summed E-state index contributed by atoms with van der Waals surface area (Å²) in [4.78, 5) is 33.0. The van der Waals surface area contributed by atoms with E-state index in [-0.39, 0.29) is 19.3 Å². The van der Waals surface area contributed by atoms with E-state index in [9.17, 15) is 19.5 Å². The number of hydrogen-bond donors (Lipinski definition) is 2. The smallest absolute Gasteiger partial charge is 0.303 e. The van der Waals surface area contributed by atoms with Crippen molar-refractivity contribution in [3.05, 3.63) is 12.2 Å². The van der Waals surface area contributed by atoms with Crippen LogP contribution in [0.2, 0.25) is 0 Å². The molecule has 0 aliphatic heterocycles. The van der Waals surface area contributed by atoms with E-state index in [0.29, 0.717) is 43.4 Å². The van der Waals surface area contributed by atoms with E-state index >= 15 is 0 Å². The third-order valence-corrected chi connectivity index (χ3v) is 7.70. The lowest BCUT2D eigenvalue weighted by molar-refractivity contribution is -0.929. The van der Waals surface area contributed by atoms with Gasteiger partial charge in [0, 0.05) is 25.2 Å². The van der Waals surface area contributed by atoms with Gasteiger partial charge < -0.3 is 24.6 Å². The largest absolute Gasteiger partial charge is 0.550 e. The van der Waals surface area contributed by atoms with Gasteiger partial charge in [-0.1, -0.05) is 83.3 Å². The summed E-state index contributed by atoms with van der Waals surface area (Å²) >= 11 is 0. The van der Waals surface area contributed by atoms with Crippen molar-refractivity contribution in [3.63, 3.8) is 0 Å². The van der Waals surface area contributed by atoms with E-state index < -0.39 is 17.9 Å². The maximum atomic E-state index is 11.0. The SMILES string of the molecule is CCCCCCCCCCCCC/C=C/CCCCC[N+](CCCC(=O)[O-])(CCCC(=O)O)CCCC(=O)O. The predicted molar refractivity (Wildman–Crippen MR) is 156 cm³/mol. The van der Waals surface area contributed by atoms with Gasteiger partial charge in [-0.3, -0.25) is 9.59 Å².